The van der Waals surface area contributed by atoms with E-state index in [9.17, 15) is 9.59 Å². The van der Waals surface area contributed by atoms with Crippen LogP contribution < -0.4 is 5.32 Å². The molecule has 3 heterocycles. The molecule has 0 bridgehead atoms. The third-order valence-electron chi connectivity index (χ3n) is 4.57. The maximum absolute atomic E-state index is 12.7. The van der Waals surface area contributed by atoms with Gasteiger partial charge in [0.2, 0.25) is 0 Å². The number of rotatable bonds is 4. The molecule has 1 aromatic carbocycles. The first-order chi connectivity index (χ1) is 12.1. The van der Waals surface area contributed by atoms with Crippen molar-refractivity contribution in [2.45, 2.75) is 24.9 Å². The number of hydrogen-bond donors (Lipinski definition) is 2. The summed E-state index contributed by atoms with van der Waals surface area (Å²) in [7, 11) is 0. The summed E-state index contributed by atoms with van der Waals surface area (Å²) in [5, 5.41) is 12.0. The number of nitrogens with one attached hydrogen (secondary N) is 1. The van der Waals surface area contributed by atoms with Crippen LogP contribution in [0, 0.1) is 0 Å². The summed E-state index contributed by atoms with van der Waals surface area (Å²) in [4.78, 5) is 28.3. The van der Waals surface area contributed by atoms with Gasteiger partial charge < -0.3 is 9.51 Å². The molecular formula is C19H17N3O3. The Hall–Kier alpha value is -2.99. The molecule has 0 saturated carbocycles. The number of carbonyl (C=O) groups excluding carboxylic acids is 1. The van der Waals surface area contributed by atoms with Crippen molar-refractivity contribution in [2.24, 2.45) is 0 Å². The fourth-order valence-electron chi connectivity index (χ4n) is 3.25. The fourth-order valence-corrected chi connectivity index (χ4v) is 3.25. The van der Waals surface area contributed by atoms with Crippen molar-refractivity contribution in [3.8, 4) is 11.3 Å². The number of aliphatic carboxylic acids is 1. The average Bonchev–Trinajstić information content (AvgIpc) is 3.28. The summed E-state index contributed by atoms with van der Waals surface area (Å²) in [6.45, 7) is 0. The van der Waals surface area contributed by atoms with Gasteiger partial charge in [-0.05, 0) is 31.0 Å². The first-order valence-corrected chi connectivity index (χ1v) is 8.19. The van der Waals surface area contributed by atoms with E-state index in [4.69, 9.17) is 5.11 Å². The number of ketones is 1. The van der Waals surface area contributed by atoms with Gasteiger partial charge >= 0.3 is 5.97 Å². The van der Waals surface area contributed by atoms with Crippen LogP contribution in [0.5, 0.6) is 0 Å². The Labute approximate surface area is 144 Å². The highest BCUT2D eigenvalue weighted by atomic mass is 16.4. The number of hydrogen-bond acceptors (Lipinski definition) is 4. The number of nitrogens with zero attached hydrogens (tertiary/aromatic N) is 2. The van der Waals surface area contributed by atoms with Crippen LogP contribution in [0.2, 0.25) is 0 Å². The summed E-state index contributed by atoms with van der Waals surface area (Å²) in [6, 6.07) is 12.0. The molecule has 0 spiro atoms. The molecule has 1 saturated heterocycles. The highest BCUT2D eigenvalue weighted by Crippen LogP contribution is 2.23. The first kappa shape index (κ1) is 15.5. The lowest BCUT2D eigenvalue weighted by atomic mass is 10.00. The molecule has 4 rings (SSSR count). The number of aromatic nitrogens is 2. The zero-order chi connectivity index (χ0) is 17.4. The quantitative estimate of drug-likeness (QED) is 0.715. The Morgan fingerprint density at radius 1 is 1.12 bits per heavy atom. The van der Waals surface area contributed by atoms with Gasteiger partial charge in [0, 0.05) is 23.5 Å². The van der Waals surface area contributed by atoms with Crippen LogP contribution in [-0.2, 0) is 4.79 Å². The van der Waals surface area contributed by atoms with E-state index < -0.39 is 18.1 Å². The van der Waals surface area contributed by atoms with Crippen LogP contribution in [0.25, 0.3) is 16.9 Å². The van der Waals surface area contributed by atoms with Crippen molar-refractivity contribution in [1.82, 2.24) is 14.7 Å². The summed E-state index contributed by atoms with van der Waals surface area (Å²) >= 11 is 0. The SMILES string of the molecule is O=C(O)C1CCC(C(=O)c2cccc(-c3cn4ccccc4n3)c2)N1. The normalized spacial score (nSPS) is 20.0. The van der Waals surface area contributed by atoms with Crippen molar-refractivity contribution in [1.29, 1.82) is 0 Å². The molecule has 2 atom stereocenters. The molecule has 6 nitrogen and oxygen atoms in total. The molecule has 1 fully saturated rings. The Kier molecular flexibility index (Phi) is 3.82. The predicted octanol–water partition coefficient (Wildman–Crippen LogP) is 2.39. The molecule has 1 aliphatic rings. The number of carbonyl (C=O) groups is 2. The molecule has 0 radical (unpaired) electrons. The molecule has 6 heteroatoms. The van der Waals surface area contributed by atoms with Gasteiger partial charge in [0.1, 0.15) is 11.7 Å². The summed E-state index contributed by atoms with van der Waals surface area (Å²) < 4.78 is 1.93. The third-order valence-corrected chi connectivity index (χ3v) is 4.57. The van der Waals surface area contributed by atoms with E-state index in [-0.39, 0.29) is 5.78 Å². The number of benzene rings is 1. The summed E-state index contributed by atoms with van der Waals surface area (Å²) in [5.41, 5.74) is 3.07. The zero-order valence-electron chi connectivity index (χ0n) is 13.4. The molecular weight excluding hydrogens is 318 g/mol. The average molecular weight is 335 g/mol. The van der Waals surface area contributed by atoms with Crippen molar-refractivity contribution in [3.63, 3.8) is 0 Å². The lowest BCUT2D eigenvalue weighted by molar-refractivity contribution is -0.139. The molecule has 0 amide bonds. The fraction of sp³-hybridized carbons (Fsp3) is 0.211. The molecule has 126 valence electrons. The van der Waals surface area contributed by atoms with Crippen molar-refractivity contribution >= 4 is 17.4 Å². The van der Waals surface area contributed by atoms with E-state index >= 15 is 0 Å². The van der Waals surface area contributed by atoms with Crippen LogP contribution in [-0.4, -0.2) is 38.3 Å². The van der Waals surface area contributed by atoms with Crippen molar-refractivity contribution in [3.05, 3.63) is 60.4 Å². The second-order valence-electron chi connectivity index (χ2n) is 6.22. The molecule has 2 aromatic heterocycles. The van der Waals surface area contributed by atoms with Crippen LogP contribution in [0.1, 0.15) is 23.2 Å². The molecule has 1 aliphatic heterocycles. The van der Waals surface area contributed by atoms with Gasteiger partial charge in [0.15, 0.2) is 5.78 Å². The minimum absolute atomic E-state index is 0.0747. The second kappa shape index (κ2) is 6.14. The Morgan fingerprint density at radius 3 is 2.72 bits per heavy atom. The smallest absolute Gasteiger partial charge is 0.320 e. The van der Waals surface area contributed by atoms with Gasteiger partial charge in [0.25, 0.3) is 0 Å². The van der Waals surface area contributed by atoms with Crippen molar-refractivity contribution in [2.75, 3.05) is 0 Å². The maximum Gasteiger partial charge on any atom is 0.320 e. The Bertz CT molecular complexity index is 930. The molecule has 2 N–H and O–H groups in total. The van der Waals surface area contributed by atoms with E-state index in [2.05, 4.69) is 10.3 Å². The lowest BCUT2D eigenvalue weighted by Gasteiger charge is -2.11. The summed E-state index contributed by atoms with van der Waals surface area (Å²) in [5.74, 6) is -0.983. The van der Waals surface area contributed by atoms with Gasteiger partial charge in [-0.2, -0.15) is 0 Å². The van der Waals surface area contributed by atoms with Crippen LogP contribution in [0.15, 0.2) is 54.9 Å². The number of carboxylic acids is 1. The van der Waals surface area contributed by atoms with Gasteiger partial charge in [-0.15, -0.1) is 0 Å². The first-order valence-electron chi connectivity index (χ1n) is 8.19. The molecule has 0 aliphatic carbocycles. The Balaban J connectivity index is 1.61. The largest absolute Gasteiger partial charge is 0.480 e. The predicted molar refractivity (Wildman–Crippen MR) is 92.5 cm³/mol. The van der Waals surface area contributed by atoms with Crippen LogP contribution >= 0.6 is 0 Å². The molecule has 25 heavy (non-hydrogen) atoms. The van der Waals surface area contributed by atoms with Crippen molar-refractivity contribution < 1.29 is 14.7 Å². The van der Waals surface area contributed by atoms with E-state index in [1.54, 1.807) is 6.07 Å². The minimum atomic E-state index is -0.909. The van der Waals surface area contributed by atoms with Gasteiger partial charge in [-0.25, -0.2) is 4.98 Å². The van der Waals surface area contributed by atoms with E-state index in [0.717, 1.165) is 16.9 Å². The maximum atomic E-state index is 12.7. The minimum Gasteiger partial charge on any atom is -0.480 e. The standard InChI is InChI=1S/C19H17N3O3/c23-18(14-7-8-15(20-14)19(24)25)13-5-3-4-12(10-13)16-11-22-9-2-1-6-17(22)21-16/h1-6,9-11,14-15,20H,7-8H2,(H,24,25). The molecule has 2 unspecified atom stereocenters. The van der Waals surface area contributed by atoms with Crippen LogP contribution in [0.3, 0.4) is 0 Å². The van der Waals surface area contributed by atoms with E-state index in [1.165, 1.54) is 0 Å². The Morgan fingerprint density at radius 2 is 1.96 bits per heavy atom. The lowest BCUT2D eigenvalue weighted by Crippen LogP contribution is -2.39. The monoisotopic (exact) mass is 335 g/mol. The van der Waals surface area contributed by atoms with E-state index in [1.807, 2.05) is 53.2 Å². The number of carboxylic acid groups (broad SMARTS) is 1. The topological polar surface area (TPSA) is 83.7 Å². The summed E-state index contributed by atoms with van der Waals surface area (Å²) in [6.07, 6.45) is 4.86. The van der Waals surface area contributed by atoms with Gasteiger partial charge in [0.05, 0.1) is 11.7 Å². The molecule has 3 aromatic rings. The third kappa shape index (κ3) is 2.92. The number of Topliss-reactive ketones (excluding diaryl/α,β-unsaturated/α-hetero) is 1. The highest BCUT2D eigenvalue weighted by molar-refractivity contribution is 6.01. The second-order valence-corrected chi connectivity index (χ2v) is 6.22. The number of pyridine rings is 1. The van der Waals surface area contributed by atoms with Gasteiger partial charge in [-0.1, -0.05) is 24.3 Å². The zero-order valence-corrected chi connectivity index (χ0v) is 13.4. The van der Waals surface area contributed by atoms with Gasteiger partial charge in [-0.3, -0.25) is 14.9 Å². The number of fused-ring (bicyclic) bond motifs is 1. The highest BCUT2D eigenvalue weighted by Gasteiger charge is 2.33. The van der Waals surface area contributed by atoms with Crippen LogP contribution in [0.4, 0.5) is 0 Å². The number of imidazole rings is 1. The van der Waals surface area contributed by atoms with E-state index in [0.29, 0.717) is 18.4 Å².